The molecular formula is C20H20ClN3O3S. The van der Waals surface area contributed by atoms with Crippen molar-refractivity contribution in [2.75, 3.05) is 19.5 Å². The third kappa shape index (κ3) is 4.37. The molecular weight excluding hydrogens is 398 g/mol. The molecule has 2 N–H and O–H groups in total. The van der Waals surface area contributed by atoms with Gasteiger partial charge in [-0.3, -0.25) is 0 Å². The number of thiazole rings is 1. The van der Waals surface area contributed by atoms with E-state index >= 15 is 0 Å². The van der Waals surface area contributed by atoms with Gasteiger partial charge in [0.25, 0.3) is 0 Å². The summed E-state index contributed by atoms with van der Waals surface area (Å²) in [4.78, 5) is 17.9. The number of urea groups is 1. The Morgan fingerprint density at radius 1 is 1.14 bits per heavy atom. The highest BCUT2D eigenvalue weighted by atomic mass is 35.5. The average Bonchev–Trinajstić information content (AvgIpc) is 3.06. The fourth-order valence-corrected chi connectivity index (χ4v) is 3.98. The van der Waals surface area contributed by atoms with Gasteiger partial charge in [-0.15, -0.1) is 11.3 Å². The Labute approximate surface area is 172 Å². The average molecular weight is 418 g/mol. The number of methoxy groups -OCH3 is 2. The number of nitrogens with zero attached hydrogens (tertiary/aromatic N) is 1. The van der Waals surface area contributed by atoms with Gasteiger partial charge in [-0.05, 0) is 25.1 Å². The van der Waals surface area contributed by atoms with Gasteiger partial charge in [0.2, 0.25) is 0 Å². The summed E-state index contributed by atoms with van der Waals surface area (Å²) >= 11 is 7.76. The second-order valence-corrected chi connectivity index (χ2v) is 7.35. The zero-order valence-electron chi connectivity index (χ0n) is 15.7. The molecule has 3 rings (SSSR count). The normalized spacial score (nSPS) is 10.4. The minimum Gasteiger partial charge on any atom is -0.493 e. The van der Waals surface area contributed by atoms with Crippen molar-refractivity contribution in [3.8, 4) is 22.1 Å². The summed E-state index contributed by atoms with van der Waals surface area (Å²) in [5.41, 5.74) is 2.27. The molecule has 28 heavy (non-hydrogen) atoms. The van der Waals surface area contributed by atoms with Crippen LogP contribution in [0.4, 0.5) is 10.5 Å². The van der Waals surface area contributed by atoms with Crippen LogP contribution >= 0.6 is 22.9 Å². The monoisotopic (exact) mass is 417 g/mol. The first-order chi connectivity index (χ1) is 13.5. The van der Waals surface area contributed by atoms with Crippen molar-refractivity contribution in [2.24, 2.45) is 0 Å². The summed E-state index contributed by atoms with van der Waals surface area (Å²) in [6.07, 6.45) is 0. The number of benzene rings is 2. The molecule has 0 unspecified atom stereocenters. The van der Waals surface area contributed by atoms with Crippen LogP contribution in [0.25, 0.3) is 10.6 Å². The van der Waals surface area contributed by atoms with Gasteiger partial charge in [0.05, 0.1) is 37.2 Å². The minimum absolute atomic E-state index is 0.348. The number of rotatable bonds is 6. The second-order valence-electron chi connectivity index (χ2n) is 5.86. The highest BCUT2D eigenvalue weighted by Crippen LogP contribution is 2.35. The number of aryl methyl sites for hydroxylation is 1. The van der Waals surface area contributed by atoms with Crippen LogP contribution < -0.4 is 20.1 Å². The van der Waals surface area contributed by atoms with Crippen molar-refractivity contribution >= 4 is 34.7 Å². The van der Waals surface area contributed by atoms with E-state index in [-0.39, 0.29) is 6.03 Å². The largest absolute Gasteiger partial charge is 0.493 e. The molecule has 0 fully saturated rings. The van der Waals surface area contributed by atoms with Crippen LogP contribution in [0.1, 0.15) is 10.6 Å². The molecule has 0 bridgehead atoms. The van der Waals surface area contributed by atoms with Gasteiger partial charge in [0.15, 0.2) is 11.5 Å². The molecule has 0 aliphatic rings. The number of ether oxygens (including phenoxy) is 2. The van der Waals surface area contributed by atoms with E-state index in [9.17, 15) is 4.79 Å². The molecule has 3 aromatic rings. The van der Waals surface area contributed by atoms with Crippen LogP contribution in [0, 0.1) is 6.92 Å². The number of anilines is 1. The third-order valence-electron chi connectivity index (χ3n) is 4.06. The zero-order valence-corrected chi connectivity index (χ0v) is 17.3. The van der Waals surface area contributed by atoms with Crippen molar-refractivity contribution in [2.45, 2.75) is 13.5 Å². The number of nitrogens with one attached hydrogen (secondary N) is 2. The maximum atomic E-state index is 12.3. The molecule has 8 heteroatoms. The molecule has 0 spiro atoms. The maximum absolute atomic E-state index is 12.3. The van der Waals surface area contributed by atoms with Crippen molar-refractivity contribution in [3.05, 3.63) is 58.1 Å². The predicted octanol–water partition coefficient (Wildman–Crippen LogP) is 5.11. The number of carbonyl (C=O) groups is 1. The van der Waals surface area contributed by atoms with Gasteiger partial charge in [0.1, 0.15) is 5.01 Å². The highest BCUT2D eigenvalue weighted by Gasteiger charge is 2.14. The fraction of sp³-hybridized carbons (Fsp3) is 0.200. The summed E-state index contributed by atoms with van der Waals surface area (Å²) in [7, 11) is 3.07. The van der Waals surface area contributed by atoms with Gasteiger partial charge in [-0.25, -0.2) is 9.78 Å². The molecule has 1 heterocycles. The van der Waals surface area contributed by atoms with Crippen molar-refractivity contribution in [1.29, 1.82) is 0 Å². The topological polar surface area (TPSA) is 72.5 Å². The lowest BCUT2D eigenvalue weighted by molar-refractivity contribution is 0.251. The molecule has 0 aliphatic heterocycles. The molecule has 0 aliphatic carbocycles. The van der Waals surface area contributed by atoms with Gasteiger partial charge in [-0.1, -0.05) is 35.9 Å². The lowest BCUT2D eigenvalue weighted by atomic mass is 10.2. The van der Waals surface area contributed by atoms with Gasteiger partial charge >= 0.3 is 6.03 Å². The van der Waals surface area contributed by atoms with Gasteiger partial charge in [-0.2, -0.15) is 0 Å². The Morgan fingerprint density at radius 3 is 2.64 bits per heavy atom. The zero-order chi connectivity index (χ0) is 20.1. The number of hydrogen-bond donors (Lipinski definition) is 2. The Hall–Kier alpha value is -2.77. The molecule has 0 radical (unpaired) electrons. The Balaban J connectivity index is 1.68. The molecule has 6 nitrogen and oxygen atoms in total. The molecule has 0 saturated carbocycles. The molecule has 2 aromatic carbocycles. The summed E-state index contributed by atoms with van der Waals surface area (Å²) in [6.45, 7) is 2.27. The van der Waals surface area contributed by atoms with E-state index in [0.717, 1.165) is 21.1 Å². The molecule has 0 atom stereocenters. The summed E-state index contributed by atoms with van der Waals surface area (Å²) < 4.78 is 10.6. The lowest BCUT2D eigenvalue weighted by Gasteiger charge is -2.13. The van der Waals surface area contributed by atoms with E-state index in [1.54, 1.807) is 25.3 Å². The standard InChI is InChI=1S/C20H20ClN3O3S/c1-12-17(28-19(23-12)13-7-4-5-8-14(13)21)11-22-20(25)24-15-9-6-10-16(26-2)18(15)27-3/h4-10H,11H2,1-3H3,(H2,22,24,25). The number of hydrogen-bond acceptors (Lipinski definition) is 5. The van der Waals surface area contributed by atoms with Crippen molar-refractivity contribution in [3.63, 3.8) is 0 Å². The number of para-hydroxylation sites is 1. The molecule has 0 saturated heterocycles. The van der Waals surface area contributed by atoms with Crippen molar-refractivity contribution in [1.82, 2.24) is 10.3 Å². The van der Waals surface area contributed by atoms with Crippen molar-refractivity contribution < 1.29 is 14.3 Å². The van der Waals surface area contributed by atoms with E-state index in [1.165, 1.54) is 18.4 Å². The summed E-state index contributed by atoms with van der Waals surface area (Å²) in [5, 5.41) is 7.11. The minimum atomic E-state index is -0.348. The predicted molar refractivity (Wildman–Crippen MR) is 113 cm³/mol. The molecule has 1 aromatic heterocycles. The van der Waals surface area contributed by atoms with E-state index in [2.05, 4.69) is 15.6 Å². The van der Waals surface area contributed by atoms with Gasteiger partial charge in [0, 0.05) is 10.4 Å². The Morgan fingerprint density at radius 2 is 1.93 bits per heavy atom. The number of aromatic nitrogens is 1. The SMILES string of the molecule is COc1cccc(NC(=O)NCc2sc(-c3ccccc3Cl)nc2C)c1OC. The van der Waals surface area contributed by atoms with Crippen LogP contribution in [0.15, 0.2) is 42.5 Å². The third-order valence-corrected chi connectivity index (χ3v) is 5.58. The van der Waals surface area contributed by atoms with E-state index in [0.29, 0.717) is 28.8 Å². The second kappa shape index (κ2) is 8.95. The first-order valence-corrected chi connectivity index (χ1v) is 9.70. The van der Waals surface area contributed by atoms with Crippen LogP contribution in [0.3, 0.4) is 0 Å². The van der Waals surface area contributed by atoms with E-state index < -0.39 is 0 Å². The van der Waals surface area contributed by atoms with Crippen LogP contribution in [0.5, 0.6) is 11.5 Å². The van der Waals surface area contributed by atoms with Gasteiger partial charge < -0.3 is 20.1 Å². The quantitative estimate of drug-likeness (QED) is 0.584. The molecule has 2 amide bonds. The number of halogens is 1. The highest BCUT2D eigenvalue weighted by molar-refractivity contribution is 7.15. The van der Waals surface area contributed by atoms with Crippen LogP contribution in [-0.4, -0.2) is 25.2 Å². The smallest absolute Gasteiger partial charge is 0.319 e. The summed E-state index contributed by atoms with van der Waals surface area (Å²) in [5.74, 6) is 1.01. The van der Waals surface area contributed by atoms with E-state index in [4.69, 9.17) is 21.1 Å². The maximum Gasteiger partial charge on any atom is 0.319 e. The van der Waals surface area contributed by atoms with Crippen LogP contribution in [-0.2, 0) is 6.54 Å². The number of carbonyl (C=O) groups excluding carboxylic acids is 1. The number of amides is 2. The van der Waals surface area contributed by atoms with E-state index in [1.807, 2.05) is 31.2 Å². The molecule has 146 valence electrons. The Kier molecular flexibility index (Phi) is 6.38. The summed E-state index contributed by atoms with van der Waals surface area (Å²) in [6, 6.07) is 12.5. The lowest BCUT2D eigenvalue weighted by Crippen LogP contribution is -2.28. The first kappa shape index (κ1) is 20.0. The first-order valence-electron chi connectivity index (χ1n) is 8.50. The van der Waals surface area contributed by atoms with Crippen LogP contribution in [0.2, 0.25) is 5.02 Å². The fourth-order valence-electron chi connectivity index (χ4n) is 2.65. The Bertz CT molecular complexity index is 991.